The number of hydrogen-bond donors (Lipinski definition) is 1. The van der Waals surface area contributed by atoms with E-state index in [0.29, 0.717) is 11.5 Å². The lowest BCUT2D eigenvalue weighted by molar-refractivity contribution is -0.137. The van der Waals surface area contributed by atoms with E-state index in [1.807, 2.05) is 5.38 Å². The van der Waals surface area contributed by atoms with Crippen LogP contribution in [-0.2, 0) is 19.0 Å². The Morgan fingerprint density at radius 1 is 1.27 bits per heavy atom. The molecule has 0 saturated heterocycles. The van der Waals surface area contributed by atoms with Gasteiger partial charge in [-0.3, -0.25) is 4.79 Å². The number of carbonyl (C=O) groups excluding carboxylic acids is 1. The van der Waals surface area contributed by atoms with Crippen molar-refractivity contribution in [1.82, 2.24) is 4.98 Å². The molecule has 1 aliphatic carbocycles. The van der Waals surface area contributed by atoms with E-state index in [1.165, 1.54) is 10.9 Å². The molecule has 1 N–H and O–H groups in total. The van der Waals surface area contributed by atoms with Gasteiger partial charge in [-0.05, 0) is 48.3 Å². The number of carbonyl (C=O) groups is 1. The van der Waals surface area contributed by atoms with Gasteiger partial charge in [0.25, 0.3) is 5.91 Å². The summed E-state index contributed by atoms with van der Waals surface area (Å²) in [4.78, 5) is 17.5. The van der Waals surface area contributed by atoms with Crippen LogP contribution in [0.15, 0.2) is 23.7 Å². The van der Waals surface area contributed by atoms with E-state index in [0.717, 1.165) is 37.1 Å². The lowest BCUT2D eigenvalue weighted by atomic mass is 9.72. The lowest BCUT2D eigenvalue weighted by Gasteiger charge is -2.34. The largest absolute Gasteiger partial charge is 0.417 e. The van der Waals surface area contributed by atoms with Crippen molar-refractivity contribution in [2.24, 2.45) is 11.3 Å². The first-order chi connectivity index (χ1) is 12.1. The van der Waals surface area contributed by atoms with E-state index in [2.05, 4.69) is 31.1 Å². The summed E-state index contributed by atoms with van der Waals surface area (Å²) in [5.41, 5.74) is 1.07. The number of alkyl halides is 3. The Kier molecular flexibility index (Phi) is 4.86. The van der Waals surface area contributed by atoms with Gasteiger partial charge in [0.1, 0.15) is 5.82 Å². The molecule has 7 heteroatoms. The number of anilines is 1. The monoisotopic (exact) mass is 382 g/mol. The van der Waals surface area contributed by atoms with Crippen molar-refractivity contribution in [1.29, 1.82) is 0 Å². The number of pyridine rings is 1. The number of amides is 1. The highest BCUT2D eigenvalue weighted by Crippen LogP contribution is 2.40. The molecule has 0 bridgehead atoms. The third-order valence-electron chi connectivity index (χ3n) is 4.96. The Balaban J connectivity index is 1.73. The van der Waals surface area contributed by atoms with Crippen LogP contribution in [0.1, 0.15) is 53.6 Å². The maximum atomic E-state index is 12.6. The highest BCUT2D eigenvalue weighted by atomic mass is 32.1. The second-order valence-electron chi connectivity index (χ2n) is 7.74. The van der Waals surface area contributed by atoms with Crippen LogP contribution in [0.25, 0.3) is 0 Å². The maximum Gasteiger partial charge on any atom is 0.417 e. The van der Waals surface area contributed by atoms with Gasteiger partial charge >= 0.3 is 6.18 Å². The summed E-state index contributed by atoms with van der Waals surface area (Å²) in [6.45, 7) is 6.71. The van der Waals surface area contributed by atoms with Crippen LogP contribution in [0.2, 0.25) is 0 Å². The molecule has 3 nitrogen and oxygen atoms in total. The minimum Gasteiger partial charge on any atom is -0.307 e. The normalized spacial score (nSPS) is 17.7. The van der Waals surface area contributed by atoms with Crippen molar-refractivity contribution < 1.29 is 18.0 Å². The quantitative estimate of drug-likeness (QED) is 0.738. The molecule has 3 rings (SSSR count). The molecule has 0 aliphatic heterocycles. The lowest BCUT2D eigenvalue weighted by Crippen LogP contribution is -2.27. The van der Waals surface area contributed by atoms with Crippen molar-refractivity contribution in [2.75, 3.05) is 5.32 Å². The third kappa shape index (κ3) is 3.92. The van der Waals surface area contributed by atoms with Gasteiger partial charge < -0.3 is 5.32 Å². The van der Waals surface area contributed by atoms with E-state index in [-0.39, 0.29) is 17.1 Å². The number of fused-ring (bicyclic) bond motifs is 1. The number of nitrogens with one attached hydrogen (secondary N) is 1. The predicted octanol–water partition coefficient (Wildman–Crippen LogP) is 5.57. The molecule has 2 aromatic rings. The van der Waals surface area contributed by atoms with Gasteiger partial charge in [0.05, 0.1) is 11.1 Å². The maximum absolute atomic E-state index is 12.6. The fourth-order valence-corrected chi connectivity index (χ4v) is 4.42. The van der Waals surface area contributed by atoms with E-state index >= 15 is 0 Å². The SMILES string of the molecule is CC(C)(C)C1CCc2c(C(=O)Nc3ccc(C(F)(F)F)cn3)csc2C1. The molecule has 1 aliphatic rings. The Labute approximate surface area is 154 Å². The molecule has 2 heterocycles. The van der Waals surface area contributed by atoms with Crippen LogP contribution in [0, 0.1) is 11.3 Å². The van der Waals surface area contributed by atoms with Gasteiger partial charge in [-0.15, -0.1) is 11.3 Å². The van der Waals surface area contributed by atoms with Crippen molar-refractivity contribution in [2.45, 2.75) is 46.2 Å². The molecule has 0 aromatic carbocycles. The Bertz CT molecular complexity index is 804. The number of thiophene rings is 1. The van der Waals surface area contributed by atoms with Crippen molar-refractivity contribution >= 4 is 23.1 Å². The van der Waals surface area contributed by atoms with Crippen LogP contribution in [0.4, 0.5) is 19.0 Å². The predicted molar refractivity (Wildman–Crippen MR) is 96.5 cm³/mol. The first-order valence-corrected chi connectivity index (χ1v) is 9.37. The van der Waals surface area contributed by atoms with Gasteiger partial charge in [0, 0.05) is 16.5 Å². The van der Waals surface area contributed by atoms with E-state index in [1.54, 1.807) is 11.3 Å². The minimum absolute atomic E-state index is 0.117. The van der Waals surface area contributed by atoms with Gasteiger partial charge in [0.15, 0.2) is 0 Å². The highest BCUT2D eigenvalue weighted by Gasteiger charge is 2.32. The summed E-state index contributed by atoms with van der Waals surface area (Å²) in [7, 11) is 0. The van der Waals surface area contributed by atoms with Gasteiger partial charge in [0.2, 0.25) is 0 Å². The highest BCUT2D eigenvalue weighted by molar-refractivity contribution is 7.10. The Morgan fingerprint density at radius 3 is 2.58 bits per heavy atom. The molecule has 2 aromatic heterocycles. The van der Waals surface area contributed by atoms with Gasteiger partial charge in [-0.25, -0.2) is 4.98 Å². The first kappa shape index (κ1) is 18.9. The molecule has 1 unspecified atom stereocenters. The fourth-order valence-electron chi connectivity index (χ4n) is 3.26. The van der Waals surface area contributed by atoms with Crippen LogP contribution < -0.4 is 5.32 Å². The van der Waals surface area contributed by atoms with Crippen LogP contribution in [0.3, 0.4) is 0 Å². The molecule has 0 spiro atoms. The minimum atomic E-state index is -4.44. The number of hydrogen-bond acceptors (Lipinski definition) is 3. The zero-order chi connectivity index (χ0) is 19.1. The molecule has 0 fully saturated rings. The number of rotatable bonds is 2. The fraction of sp³-hybridized carbons (Fsp3) is 0.474. The molecule has 0 radical (unpaired) electrons. The Morgan fingerprint density at radius 2 is 2.00 bits per heavy atom. The van der Waals surface area contributed by atoms with Crippen molar-refractivity contribution in [3.05, 3.63) is 45.3 Å². The summed E-state index contributed by atoms with van der Waals surface area (Å²) in [5, 5.41) is 4.45. The standard InChI is InChI=1S/C19H21F3N2OS/c1-18(2,3)11-4-6-13-14(10-26-15(13)8-11)17(25)24-16-7-5-12(9-23-16)19(20,21)22/h5,7,9-11H,4,6,8H2,1-3H3,(H,23,24,25). The smallest absolute Gasteiger partial charge is 0.307 e. The summed E-state index contributed by atoms with van der Waals surface area (Å²) in [6, 6.07) is 2.09. The molecule has 1 amide bonds. The third-order valence-corrected chi connectivity index (χ3v) is 6.01. The molecule has 0 saturated carbocycles. The topological polar surface area (TPSA) is 42.0 Å². The van der Waals surface area contributed by atoms with Crippen LogP contribution in [-0.4, -0.2) is 10.9 Å². The van der Waals surface area contributed by atoms with E-state index in [4.69, 9.17) is 0 Å². The van der Waals surface area contributed by atoms with E-state index in [9.17, 15) is 18.0 Å². The van der Waals surface area contributed by atoms with E-state index < -0.39 is 11.7 Å². The second-order valence-corrected chi connectivity index (χ2v) is 8.71. The Hall–Kier alpha value is -1.89. The molecular formula is C19H21F3N2OS. The summed E-state index contributed by atoms with van der Waals surface area (Å²) in [6.07, 6.45) is -0.858. The average molecular weight is 382 g/mol. The first-order valence-electron chi connectivity index (χ1n) is 8.49. The molecule has 140 valence electrons. The molecular weight excluding hydrogens is 361 g/mol. The summed E-state index contributed by atoms with van der Waals surface area (Å²) >= 11 is 1.59. The number of nitrogens with zero attached hydrogens (tertiary/aromatic N) is 1. The van der Waals surface area contributed by atoms with Gasteiger partial charge in [-0.2, -0.15) is 13.2 Å². The van der Waals surface area contributed by atoms with Crippen molar-refractivity contribution in [3.63, 3.8) is 0 Å². The summed E-state index contributed by atoms with van der Waals surface area (Å²) < 4.78 is 37.8. The van der Waals surface area contributed by atoms with Crippen molar-refractivity contribution in [3.8, 4) is 0 Å². The molecule has 1 atom stereocenters. The zero-order valence-corrected chi connectivity index (χ0v) is 15.7. The number of halogens is 3. The second kappa shape index (κ2) is 6.68. The van der Waals surface area contributed by atoms with Crippen LogP contribution >= 0.6 is 11.3 Å². The van der Waals surface area contributed by atoms with Gasteiger partial charge in [-0.1, -0.05) is 20.8 Å². The van der Waals surface area contributed by atoms with Crippen LogP contribution in [0.5, 0.6) is 0 Å². The average Bonchev–Trinajstić information content (AvgIpc) is 2.97. The summed E-state index contributed by atoms with van der Waals surface area (Å²) in [5.74, 6) is 0.386. The molecule has 26 heavy (non-hydrogen) atoms. The number of aromatic nitrogens is 1. The zero-order valence-electron chi connectivity index (χ0n) is 14.9.